The van der Waals surface area contributed by atoms with Crippen LogP contribution in [0.2, 0.25) is 0 Å². The van der Waals surface area contributed by atoms with Gasteiger partial charge in [-0.15, -0.1) is 0 Å². The molecule has 5 heteroatoms. The Balaban J connectivity index is 3.12. The molecule has 0 saturated heterocycles. The van der Waals surface area contributed by atoms with Crippen LogP contribution in [0, 0.1) is 0 Å². The molecule has 0 saturated carbocycles. The molecule has 0 bridgehead atoms. The van der Waals surface area contributed by atoms with E-state index >= 15 is 0 Å². The van der Waals surface area contributed by atoms with Crippen LogP contribution in [-0.4, -0.2) is 12.6 Å². The van der Waals surface area contributed by atoms with E-state index in [0.717, 1.165) is 0 Å². The molecule has 1 aromatic rings. The molecule has 3 nitrogen and oxygen atoms in total. The first-order valence-corrected chi connectivity index (χ1v) is 5.12. The quantitative estimate of drug-likeness (QED) is 0.578. The molecule has 0 atom stereocenters. The molecule has 0 unspecified atom stereocenters. The number of hydrogen-bond acceptors (Lipinski definition) is 3. The summed E-state index contributed by atoms with van der Waals surface area (Å²) in [5.41, 5.74) is 0.823. The highest BCUT2D eigenvalue weighted by molar-refractivity contribution is 14.1. The van der Waals surface area contributed by atoms with Crippen molar-refractivity contribution in [1.82, 2.24) is 4.98 Å². The second-order valence-corrected chi connectivity index (χ2v) is 3.94. The van der Waals surface area contributed by atoms with Crippen LogP contribution in [0.5, 0.6) is 0 Å². The molecular weight excluding hydrogens is 384 g/mol. The summed E-state index contributed by atoms with van der Waals surface area (Å²) in [7, 11) is 0. The number of carbonyl (C=O) groups excluding carboxylic acids is 2. The van der Waals surface area contributed by atoms with Gasteiger partial charge in [-0.2, -0.15) is 0 Å². The van der Waals surface area contributed by atoms with Gasteiger partial charge in [0.2, 0.25) is 7.58 Å². The minimum Gasteiger partial charge on any atom is -0.282 e. The summed E-state index contributed by atoms with van der Waals surface area (Å²) in [6.45, 7) is 0. The summed E-state index contributed by atoms with van der Waals surface area (Å²) in [4.78, 5) is 25.5. The van der Waals surface area contributed by atoms with Gasteiger partial charge in [-0.1, -0.05) is 0 Å². The SMILES string of the molecule is O=C(I)c1ccnc(C(=O)I)c1. The maximum absolute atomic E-state index is 10.9. The van der Waals surface area contributed by atoms with E-state index in [4.69, 9.17) is 0 Å². The van der Waals surface area contributed by atoms with E-state index in [9.17, 15) is 9.59 Å². The van der Waals surface area contributed by atoms with E-state index in [1.165, 1.54) is 12.3 Å². The lowest BCUT2D eigenvalue weighted by Crippen LogP contribution is -1.96. The molecular formula is C7H3I2NO2. The van der Waals surface area contributed by atoms with Crippen molar-refractivity contribution in [3.63, 3.8) is 0 Å². The van der Waals surface area contributed by atoms with Crippen LogP contribution >= 0.6 is 45.2 Å². The van der Waals surface area contributed by atoms with Crippen molar-refractivity contribution in [2.24, 2.45) is 0 Å². The number of pyridine rings is 1. The predicted molar refractivity (Wildman–Crippen MR) is 60.9 cm³/mol. The third-order valence-corrected chi connectivity index (χ3v) is 2.36. The maximum Gasteiger partial charge on any atom is 0.240 e. The Morgan fingerprint density at radius 2 is 1.92 bits per heavy atom. The molecule has 0 radical (unpaired) electrons. The van der Waals surface area contributed by atoms with Gasteiger partial charge in [0.05, 0.1) is 0 Å². The van der Waals surface area contributed by atoms with Crippen molar-refractivity contribution >= 4 is 52.8 Å². The highest BCUT2D eigenvalue weighted by atomic mass is 127. The predicted octanol–water partition coefficient (Wildman–Crippen LogP) is 2.23. The van der Waals surface area contributed by atoms with Crippen LogP contribution in [0.15, 0.2) is 18.3 Å². The second-order valence-electron chi connectivity index (χ2n) is 1.98. The largest absolute Gasteiger partial charge is 0.282 e. The highest BCUT2D eigenvalue weighted by Crippen LogP contribution is 2.09. The summed E-state index contributed by atoms with van der Waals surface area (Å²) in [6.07, 6.45) is 1.46. The number of hydrogen-bond donors (Lipinski definition) is 0. The zero-order chi connectivity index (χ0) is 9.14. The van der Waals surface area contributed by atoms with E-state index in [0.29, 0.717) is 11.3 Å². The normalized spacial score (nSPS) is 9.50. The Kier molecular flexibility index (Phi) is 3.56. The van der Waals surface area contributed by atoms with Crippen molar-refractivity contribution < 1.29 is 9.59 Å². The lowest BCUT2D eigenvalue weighted by Gasteiger charge is -1.94. The number of halogens is 2. The number of rotatable bonds is 2. The minimum absolute atomic E-state index is 0.0890. The lowest BCUT2D eigenvalue weighted by atomic mass is 10.2. The van der Waals surface area contributed by atoms with Crippen LogP contribution in [0.25, 0.3) is 0 Å². The Labute approximate surface area is 96.2 Å². The summed E-state index contributed by atoms with van der Waals surface area (Å²) >= 11 is 3.30. The number of carbonyl (C=O) groups is 2. The molecule has 0 fully saturated rings. The fourth-order valence-corrected chi connectivity index (χ4v) is 1.29. The Bertz CT molecular complexity index is 309. The van der Waals surface area contributed by atoms with Crippen molar-refractivity contribution in [2.45, 2.75) is 0 Å². The summed E-state index contributed by atoms with van der Waals surface area (Å²) in [5.74, 6) is 0. The third kappa shape index (κ3) is 2.47. The van der Waals surface area contributed by atoms with Crippen LogP contribution < -0.4 is 0 Å². The van der Waals surface area contributed by atoms with E-state index in [1.54, 1.807) is 51.2 Å². The van der Waals surface area contributed by atoms with E-state index in [1.807, 2.05) is 0 Å². The molecule has 0 aliphatic rings. The smallest absolute Gasteiger partial charge is 0.240 e. The van der Waals surface area contributed by atoms with Crippen molar-refractivity contribution in [3.05, 3.63) is 29.6 Å². The highest BCUT2D eigenvalue weighted by Gasteiger charge is 2.06. The van der Waals surface area contributed by atoms with Gasteiger partial charge < -0.3 is 0 Å². The zero-order valence-corrected chi connectivity index (χ0v) is 10.1. The topological polar surface area (TPSA) is 47.0 Å². The van der Waals surface area contributed by atoms with E-state index in [-0.39, 0.29) is 7.58 Å². The zero-order valence-electron chi connectivity index (χ0n) is 5.75. The summed E-state index contributed by atoms with van der Waals surface area (Å²) < 4.78 is -0.249. The average molecular weight is 387 g/mol. The lowest BCUT2D eigenvalue weighted by molar-refractivity contribution is 0.110. The monoisotopic (exact) mass is 387 g/mol. The van der Waals surface area contributed by atoms with Crippen LogP contribution in [0.4, 0.5) is 0 Å². The van der Waals surface area contributed by atoms with Crippen molar-refractivity contribution in [3.8, 4) is 0 Å². The van der Waals surface area contributed by atoms with Gasteiger partial charge in [0.15, 0.2) is 0 Å². The molecule has 1 aromatic heterocycles. The van der Waals surface area contributed by atoms with Gasteiger partial charge >= 0.3 is 0 Å². The fraction of sp³-hybridized carbons (Fsp3) is 0. The second kappa shape index (κ2) is 4.26. The van der Waals surface area contributed by atoms with Crippen LogP contribution in [0.1, 0.15) is 20.8 Å². The molecule has 0 aliphatic heterocycles. The minimum atomic E-state index is -0.160. The average Bonchev–Trinajstić information content (AvgIpc) is 2.04. The molecule has 0 aromatic carbocycles. The van der Waals surface area contributed by atoms with Gasteiger partial charge in [-0.25, -0.2) is 0 Å². The molecule has 0 N–H and O–H groups in total. The first-order chi connectivity index (χ1) is 5.61. The fourth-order valence-electron chi connectivity index (χ4n) is 0.660. The maximum atomic E-state index is 10.9. The first kappa shape index (κ1) is 10.0. The van der Waals surface area contributed by atoms with Crippen LogP contribution in [-0.2, 0) is 0 Å². The van der Waals surface area contributed by atoms with E-state index in [2.05, 4.69) is 4.98 Å². The molecule has 1 rings (SSSR count). The molecule has 12 heavy (non-hydrogen) atoms. The number of aromatic nitrogens is 1. The summed E-state index contributed by atoms with van der Waals surface area (Å²) in [6, 6.07) is 3.07. The van der Waals surface area contributed by atoms with Gasteiger partial charge in [-0.05, 0) is 12.1 Å². The van der Waals surface area contributed by atoms with Crippen molar-refractivity contribution in [1.29, 1.82) is 0 Å². The Hall–Kier alpha value is -0.0500. The molecule has 1 heterocycles. The molecule has 0 aliphatic carbocycles. The molecule has 62 valence electrons. The van der Waals surface area contributed by atoms with Gasteiger partial charge in [0, 0.05) is 56.9 Å². The van der Waals surface area contributed by atoms with E-state index < -0.39 is 0 Å². The Morgan fingerprint density at radius 1 is 1.25 bits per heavy atom. The van der Waals surface area contributed by atoms with Crippen LogP contribution in [0.3, 0.4) is 0 Å². The first-order valence-electron chi connectivity index (χ1n) is 2.97. The van der Waals surface area contributed by atoms with Crippen molar-refractivity contribution in [2.75, 3.05) is 0 Å². The number of nitrogens with zero attached hydrogens (tertiary/aromatic N) is 1. The summed E-state index contributed by atoms with van der Waals surface area (Å²) in [5, 5.41) is 0. The van der Waals surface area contributed by atoms with Gasteiger partial charge in [-0.3, -0.25) is 14.6 Å². The standard InChI is InChI=1S/C7H3I2NO2/c8-6(11)4-1-2-10-5(3-4)7(9)12/h1-3H. The van der Waals surface area contributed by atoms with Gasteiger partial charge in [0.25, 0.3) is 0 Å². The molecule has 0 amide bonds. The Morgan fingerprint density at radius 3 is 2.42 bits per heavy atom. The third-order valence-electron chi connectivity index (χ3n) is 1.19. The van der Waals surface area contributed by atoms with Gasteiger partial charge in [0.1, 0.15) is 5.69 Å². The molecule has 0 spiro atoms.